The Morgan fingerprint density at radius 3 is 2.56 bits per heavy atom. The van der Waals surface area contributed by atoms with Crippen molar-refractivity contribution < 1.29 is 27.1 Å². The molecule has 1 rings (SSSR count). The summed E-state index contributed by atoms with van der Waals surface area (Å²) in [6, 6.07) is 1.08. The molecule has 0 aliphatic carbocycles. The number of nitrogens with zero attached hydrogens (tertiary/aromatic N) is 1. The molecule has 0 aromatic carbocycles. The number of carbonyl (C=O) groups excluding carboxylic acids is 1. The zero-order chi connectivity index (χ0) is 12.3. The van der Waals surface area contributed by atoms with Crippen molar-refractivity contribution in [3.05, 3.63) is 20.9 Å². The summed E-state index contributed by atoms with van der Waals surface area (Å²) in [5.41, 5.74) is -0.579. The van der Waals surface area contributed by atoms with E-state index in [1.165, 1.54) is 0 Å². The van der Waals surface area contributed by atoms with Crippen molar-refractivity contribution in [2.75, 3.05) is 0 Å². The molecule has 8 heteroatoms. The van der Waals surface area contributed by atoms with Crippen LogP contribution >= 0.6 is 22.6 Å². The molecule has 0 N–H and O–H groups in total. The molecule has 0 atom stereocenters. The molecule has 0 unspecified atom stereocenters. The Hall–Kier alpha value is -0.930. The minimum atomic E-state index is -4.97. The van der Waals surface area contributed by atoms with Gasteiger partial charge in [-0.3, -0.25) is 4.79 Å². The Labute approximate surface area is 101 Å². The first-order valence-corrected chi connectivity index (χ1v) is 4.91. The Kier molecular flexibility index (Phi) is 4.05. The van der Waals surface area contributed by atoms with Gasteiger partial charge < -0.3 is 4.74 Å². The summed E-state index contributed by atoms with van der Waals surface area (Å²) in [7, 11) is 0. The summed E-state index contributed by atoms with van der Waals surface area (Å²) in [5, 5.41) is 0. The Morgan fingerprint density at radius 1 is 1.50 bits per heavy atom. The zero-order valence-electron chi connectivity index (χ0n) is 7.52. The first-order valence-electron chi connectivity index (χ1n) is 3.83. The lowest BCUT2D eigenvalue weighted by molar-refractivity contribution is -0.276. The molecular formula is C8H4F4INO2. The molecule has 3 nitrogen and oxygen atoms in total. The van der Waals surface area contributed by atoms with Crippen LogP contribution in [-0.2, 0) is 6.67 Å². The maximum absolute atomic E-state index is 12.4. The molecule has 0 aliphatic heterocycles. The van der Waals surface area contributed by atoms with Gasteiger partial charge >= 0.3 is 6.36 Å². The number of hydrogen-bond donors (Lipinski definition) is 0. The van der Waals surface area contributed by atoms with E-state index in [2.05, 4.69) is 9.72 Å². The third kappa shape index (κ3) is 3.29. The number of alkyl halides is 4. The van der Waals surface area contributed by atoms with Crippen LogP contribution in [0.1, 0.15) is 16.1 Å². The molecule has 0 radical (unpaired) electrons. The summed E-state index contributed by atoms with van der Waals surface area (Å²) >= 11 is 1.67. The number of hydrogen-bond acceptors (Lipinski definition) is 3. The highest BCUT2D eigenvalue weighted by atomic mass is 127. The third-order valence-electron chi connectivity index (χ3n) is 1.51. The lowest BCUT2D eigenvalue weighted by atomic mass is 10.2. The van der Waals surface area contributed by atoms with Crippen LogP contribution in [0.25, 0.3) is 0 Å². The molecule has 0 aliphatic rings. The Balaban J connectivity index is 3.20. The average Bonchev–Trinajstić information content (AvgIpc) is 2.18. The maximum atomic E-state index is 12.4. The van der Waals surface area contributed by atoms with Crippen LogP contribution in [0.2, 0.25) is 0 Å². The quantitative estimate of drug-likeness (QED) is 0.479. The molecule has 88 valence electrons. The molecule has 0 fully saturated rings. The summed E-state index contributed by atoms with van der Waals surface area (Å²) in [6.45, 7) is -1.16. The molecule has 1 aromatic heterocycles. The number of pyridine rings is 1. The number of carbonyl (C=O) groups is 1. The number of halogens is 5. The fraction of sp³-hybridized carbons (Fsp3) is 0.250. The summed E-state index contributed by atoms with van der Waals surface area (Å²) in [6.07, 6.45) is -4.70. The third-order valence-corrected chi connectivity index (χ3v) is 2.37. The number of aldehydes is 1. The van der Waals surface area contributed by atoms with Crippen LogP contribution in [0, 0.1) is 3.57 Å². The second kappa shape index (κ2) is 4.93. The van der Waals surface area contributed by atoms with Gasteiger partial charge in [0, 0.05) is 9.13 Å². The predicted octanol–water partition coefficient (Wildman–Crippen LogP) is 2.87. The van der Waals surface area contributed by atoms with Gasteiger partial charge in [0.05, 0.1) is 0 Å². The Morgan fingerprint density at radius 2 is 2.12 bits per heavy atom. The maximum Gasteiger partial charge on any atom is 0.574 e. The fourth-order valence-corrected chi connectivity index (χ4v) is 1.52. The van der Waals surface area contributed by atoms with E-state index in [-0.39, 0.29) is 21.1 Å². The smallest absolute Gasteiger partial charge is 0.387 e. The van der Waals surface area contributed by atoms with E-state index in [1.54, 1.807) is 22.6 Å². The molecular weight excluding hydrogens is 345 g/mol. The Bertz CT molecular complexity index is 408. The molecule has 0 saturated carbocycles. The van der Waals surface area contributed by atoms with Gasteiger partial charge in [-0.25, -0.2) is 9.37 Å². The largest absolute Gasteiger partial charge is 0.574 e. The van der Waals surface area contributed by atoms with E-state index >= 15 is 0 Å². The molecule has 1 aromatic rings. The predicted molar refractivity (Wildman–Crippen MR) is 53.8 cm³/mol. The average molecular weight is 349 g/mol. The van der Waals surface area contributed by atoms with E-state index in [9.17, 15) is 22.4 Å². The first-order chi connectivity index (χ1) is 7.37. The van der Waals surface area contributed by atoms with Gasteiger partial charge in [0.2, 0.25) is 5.88 Å². The molecule has 0 amide bonds. The number of rotatable bonds is 3. The van der Waals surface area contributed by atoms with Crippen LogP contribution in [0.4, 0.5) is 17.6 Å². The molecule has 16 heavy (non-hydrogen) atoms. The van der Waals surface area contributed by atoms with E-state index in [4.69, 9.17) is 0 Å². The number of aromatic nitrogens is 1. The molecule has 0 saturated heterocycles. The lowest BCUT2D eigenvalue weighted by Gasteiger charge is -2.11. The highest BCUT2D eigenvalue weighted by molar-refractivity contribution is 14.1. The minimum Gasteiger partial charge on any atom is -0.387 e. The van der Waals surface area contributed by atoms with Gasteiger partial charge in [0.25, 0.3) is 0 Å². The van der Waals surface area contributed by atoms with Crippen LogP contribution in [0.15, 0.2) is 6.07 Å². The van der Waals surface area contributed by atoms with Crippen molar-refractivity contribution in [2.24, 2.45) is 0 Å². The van der Waals surface area contributed by atoms with E-state index < -0.39 is 18.9 Å². The van der Waals surface area contributed by atoms with Crippen LogP contribution in [-0.4, -0.2) is 17.6 Å². The van der Waals surface area contributed by atoms with Gasteiger partial charge in [-0.1, -0.05) is 0 Å². The topological polar surface area (TPSA) is 39.2 Å². The van der Waals surface area contributed by atoms with Crippen LogP contribution < -0.4 is 4.74 Å². The van der Waals surface area contributed by atoms with Crippen LogP contribution in [0.3, 0.4) is 0 Å². The summed E-state index contributed by atoms with van der Waals surface area (Å²) in [5.74, 6) is -0.933. The van der Waals surface area contributed by atoms with Crippen molar-refractivity contribution in [3.63, 3.8) is 0 Å². The first kappa shape index (κ1) is 13.1. The van der Waals surface area contributed by atoms with Crippen molar-refractivity contribution in [1.82, 2.24) is 4.98 Å². The minimum absolute atomic E-state index is 0.225. The SMILES string of the molecule is O=Cc1nc(OC(F)(F)F)c(CF)cc1I. The van der Waals surface area contributed by atoms with Gasteiger partial charge in [0.1, 0.15) is 12.4 Å². The van der Waals surface area contributed by atoms with Gasteiger partial charge in [-0.15, -0.1) is 13.2 Å². The second-order valence-corrected chi connectivity index (χ2v) is 3.78. The highest BCUT2D eigenvalue weighted by Crippen LogP contribution is 2.27. The van der Waals surface area contributed by atoms with Gasteiger partial charge in [-0.2, -0.15) is 0 Å². The van der Waals surface area contributed by atoms with Crippen molar-refractivity contribution in [2.45, 2.75) is 13.0 Å². The summed E-state index contributed by atoms with van der Waals surface area (Å²) in [4.78, 5) is 13.7. The van der Waals surface area contributed by atoms with Crippen molar-refractivity contribution >= 4 is 28.9 Å². The van der Waals surface area contributed by atoms with Crippen molar-refractivity contribution in [1.29, 1.82) is 0 Å². The number of ether oxygens (including phenoxy) is 1. The molecule has 0 spiro atoms. The normalized spacial score (nSPS) is 11.3. The monoisotopic (exact) mass is 349 g/mol. The summed E-state index contributed by atoms with van der Waals surface area (Å²) < 4.78 is 51.9. The lowest BCUT2D eigenvalue weighted by Crippen LogP contribution is -2.19. The van der Waals surface area contributed by atoms with Gasteiger partial charge in [-0.05, 0) is 28.7 Å². The highest BCUT2D eigenvalue weighted by Gasteiger charge is 2.33. The molecule has 1 heterocycles. The fourth-order valence-electron chi connectivity index (χ4n) is 0.900. The van der Waals surface area contributed by atoms with E-state index in [0.717, 1.165) is 6.07 Å². The van der Waals surface area contributed by atoms with Crippen LogP contribution in [0.5, 0.6) is 5.88 Å². The van der Waals surface area contributed by atoms with Gasteiger partial charge in [0.15, 0.2) is 6.29 Å². The molecule has 0 bridgehead atoms. The van der Waals surface area contributed by atoms with E-state index in [0.29, 0.717) is 0 Å². The standard InChI is InChI=1S/C8H4F4INO2/c9-2-4-1-5(13)6(3-15)14-7(4)16-8(10,11)12/h1,3H,2H2. The van der Waals surface area contributed by atoms with Crippen molar-refractivity contribution in [3.8, 4) is 5.88 Å². The van der Waals surface area contributed by atoms with E-state index in [1.807, 2.05) is 0 Å². The second-order valence-electron chi connectivity index (χ2n) is 2.62. The zero-order valence-corrected chi connectivity index (χ0v) is 9.67.